The van der Waals surface area contributed by atoms with E-state index in [2.05, 4.69) is 10.3 Å². The molecular weight excluding hydrogens is 227 g/mol. The van der Waals surface area contributed by atoms with Gasteiger partial charge >= 0.3 is 0 Å². The Hall–Kier alpha value is -1.48. The molecule has 0 spiro atoms. The van der Waals surface area contributed by atoms with E-state index in [0.717, 1.165) is 35.8 Å². The summed E-state index contributed by atoms with van der Waals surface area (Å²) in [5.74, 6) is 0. The topological polar surface area (TPSA) is 24.9 Å². The number of benzene rings is 1. The van der Waals surface area contributed by atoms with Crippen LogP contribution in [0.25, 0.3) is 10.8 Å². The first-order valence-electron chi connectivity index (χ1n) is 6.52. The summed E-state index contributed by atoms with van der Waals surface area (Å²) in [6, 6.07) is 7.91. The lowest BCUT2D eigenvalue weighted by Gasteiger charge is -2.24. The molecule has 2 aromatic rings. The third kappa shape index (κ3) is 1.99. The van der Waals surface area contributed by atoms with Gasteiger partial charge in [0, 0.05) is 23.3 Å². The van der Waals surface area contributed by atoms with Crippen LogP contribution in [0.15, 0.2) is 36.7 Å². The van der Waals surface area contributed by atoms with E-state index >= 15 is 4.39 Å². The second-order valence-corrected chi connectivity index (χ2v) is 4.98. The van der Waals surface area contributed by atoms with E-state index in [9.17, 15) is 0 Å². The van der Waals surface area contributed by atoms with Crippen LogP contribution in [0.1, 0.15) is 24.8 Å². The summed E-state index contributed by atoms with van der Waals surface area (Å²) < 4.78 is 15.2. The van der Waals surface area contributed by atoms with E-state index in [-0.39, 0.29) is 0 Å². The molecule has 1 fully saturated rings. The molecule has 0 aliphatic carbocycles. The summed E-state index contributed by atoms with van der Waals surface area (Å²) in [6.45, 7) is 1.64. The van der Waals surface area contributed by atoms with E-state index in [1.807, 2.05) is 24.3 Å². The van der Waals surface area contributed by atoms with Gasteiger partial charge in [-0.1, -0.05) is 24.3 Å². The summed E-state index contributed by atoms with van der Waals surface area (Å²) in [4.78, 5) is 4.20. The van der Waals surface area contributed by atoms with E-state index in [1.165, 1.54) is 0 Å². The van der Waals surface area contributed by atoms with Crippen LogP contribution in [0.5, 0.6) is 0 Å². The van der Waals surface area contributed by atoms with Crippen LogP contribution >= 0.6 is 0 Å². The number of hydrogen-bond acceptors (Lipinski definition) is 2. The summed E-state index contributed by atoms with van der Waals surface area (Å²) in [5.41, 5.74) is -0.485. The number of aromatic nitrogens is 1. The van der Waals surface area contributed by atoms with Gasteiger partial charge in [-0.05, 0) is 37.7 Å². The highest BCUT2D eigenvalue weighted by Gasteiger charge is 2.34. The molecular formula is C15H17FN2. The molecule has 0 saturated carbocycles. The zero-order valence-electron chi connectivity index (χ0n) is 10.3. The molecule has 0 radical (unpaired) electrons. The molecule has 1 N–H and O–H groups in total. The van der Waals surface area contributed by atoms with Crippen molar-refractivity contribution in [3.63, 3.8) is 0 Å². The molecule has 2 nitrogen and oxygen atoms in total. The minimum atomic E-state index is -1.24. The van der Waals surface area contributed by atoms with E-state index in [4.69, 9.17) is 0 Å². The van der Waals surface area contributed by atoms with Crippen LogP contribution in [0.3, 0.4) is 0 Å². The summed E-state index contributed by atoms with van der Waals surface area (Å²) >= 11 is 0. The van der Waals surface area contributed by atoms with Gasteiger partial charge < -0.3 is 5.32 Å². The smallest absolute Gasteiger partial charge is 0.139 e. The largest absolute Gasteiger partial charge is 0.317 e. The van der Waals surface area contributed by atoms with Gasteiger partial charge in [-0.2, -0.15) is 0 Å². The summed E-state index contributed by atoms with van der Waals surface area (Å²) in [6.07, 6.45) is 5.49. The molecule has 1 aliphatic rings. The predicted molar refractivity (Wildman–Crippen MR) is 71.2 cm³/mol. The van der Waals surface area contributed by atoms with Crippen molar-refractivity contribution in [3.8, 4) is 0 Å². The zero-order chi connectivity index (χ0) is 12.4. The summed E-state index contributed by atoms with van der Waals surface area (Å²) in [5, 5.41) is 5.27. The second-order valence-electron chi connectivity index (χ2n) is 4.98. The molecule has 1 unspecified atom stereocenters. The monoisotopic (exact) mass is 244 g/mol. The molecule has 0 amide bonds. The van der Waals surface area contributed by atoms with Gasteiger partial charge in [-0.15, -0.1) is 0 Å². The van der Waals surface area contributed by atoms with E-state index in [0.29, 0.717) is 12.8 Å². The first kappa shape index (κ1) is 11.6. The maximum absolute atomic E-state index is 15.2. The van der Waals surface area contributed by atoms with Crippen LogP contribution in [-0.4, -0.2) is 18.1 Å². The Balaban J connectivity index is 2.12. The fraction of sp³-hybridized carbons (Fsp3) is 0.400. The normalized spacial score (nSPS) is 24.9. The maximum atomic E-state index is 15.2. The van der Waals surface area contributed by atoms with Crippen LogP contribution in [0.4, 0.5) is 4.39 Å². The highest BCUT2D eigenvalue weighted by Crippen LogP contribution is 2.38. The third-order valence-electron chi connectivity index (χ3n) is 3.78. The van der Waals surface area contributed by atoms with Crippen molar-refractivity contribution >= 4 is 10.8 Å². The van der Waals surface area contributed by atoms with Gasteiger partial charge in [0.25, 0.3) is 0 Å². The lowest BCUT2D eigenvalue weighted by molar-refractivity contribution is 0.146. The molecule has 3 heteroatoms. The molecule has 1 aliphatic heterocycles. The Kier molecular flexibility index (Phi) is 3.00. The second kappa shape index (κ2) is 4.65. The number of rotatable bonds is 1. The predicted octanol–water partition coefficient (Wildman–Crippen LogP) is 3.17. The Labute approximate surface area is 106 Å². The number of halogens is 1. The van der Waals surface area contributed by atoms with Crippen molar-refractivity contribution in [2.75, 3.05) is 13.1 Å². The molecule has 1 saturated heterocycles. The van der Waals surface area contributed by atoms with Crippen LogP contribution < -0.4 is 5.32 Å². The van der Waals surface area contributed by atoms with Crippen molar-refractivity contribution in [2.45, 2.75) is 24.9 Å². The highest BCUT2D eigenvalue weighted by atomic mass is 19.1. The Morgan fingerprint density at radius 3 is 2.94 bits per heavy atom. The first-order valence-corrected chi connectivity index (χ1v) is 6.52. The molecule has 1 aromatic heterocycles. The number of pyridine rings is 1. The van der Waals surface area contributed by atoms with Crippen molar-refractivity contribution in [1.29, 1.82) is 0 Å². The lowest BCUT2D eigenvalue weighted by Crippen LogP contribution is -2.23. The fourth-order valence-electron chi connectivity index (χ4n) is 2.77. The lowest BCUT2D eigenvalue weighted by atomic mass is 9.87. The molecule has 18 heavy (non-hydrogen) atoms. The molecule has 1 atom stereocenters. The van der Waals surface area contributed by atoms with Gasteiger partial charge in [-0.3, -0.25) is 4.98 Å². The third-order valence-corrected chi connectivity index (χ3v) is 3.78. The Bertz CT molecular complexity index is 540. The van der Waals surface area contributed by atoms with Crippen molar-refractivity contribution in [1.82, 2.24) is 10.3 Å². The molecule has 1 aromatic carbocycles. The highest BCUT2D eigenvalue weighted by molar-refractivity contribution is 5.85. The zero-order valence-corrected chi connectivity index (χ0v) is 10.3. The maximum Gasteiger partial charge on any atom is 0.139 e. The minimum Gasteiger partial charge on any atom is -0.317 e. The molecule has 94 valence electrons. The quantitative estimate of drug-likeness (QED) is 0.833. The SMILES string of the molecule is FC1(c2cncc3ccccc23)CCCNCC1. The standard InChI is InChI=1S/C15H17FN2/c16-15(6-3-8-17-9-7-15)14-11-18-10-12-4-1-2-5-13(12)14/h1-2,4-5,10-11,17H,3,6-9H2. The van der Waals surface area contributed by atoms with Crippen molar-refractivity contribution in [2.24, 2.45) is 0 Å². The van der Waals surface area contributed by atoms with E-state index < -0.39 is 5.67 Å². The number of fused-ring (bicyclic) bond motifs is 1. The van der Waals surface area contributed by atoms with E-state index in [1.54, 1.807) is 12.4 Å². The first-order chi connectivity index (χ1) is 8.80. The number of alkyl halides is 1. The van der Waals surface area contributed by atoms with Crippen LogP contribution in [-0.2, 0) is 5.67 Å². The van der Waals surface area contributed by atoms with Crippen molar-refractivity contribution < 1.29 is 4.39 Å². The molecule has 0 bridgehead atoms. The Morgan fingerprint density at radius 1 is 1.11 bits per heavy atom. The molecule has 2 heterocycles. The van der Waals surface area contributed by atoms with Gasteiger partial charge in [0.2, 0.25) is 0 Å². The molecule has 3 rings (SSSR count). The Morgan fingerprint density at radius 2 is 2.00 bits per heavy atom. The van der Waals surface area contributed by atoms with Gasteiger partial charge in [0.1, 0.15) is 5.67 Å². The number of nitrogens with one attached hydrogen (secondary N) is 1. The number of nitrogens with zero attached hydrogens (tertiary/aromatic N) is 1. The van der Waals surface area contributed by atoms with Gasteiger partial charge in [-0.25, -0.2) is 4.39 Å². The minimum absolute atomic E-state index is 0.530. The fourth-order valence-corrected chi connectivity index (χ4v) is 2.77. The average molecular weight is 244 g/mol. The van der Waals surface area contributed by atoms with Crippen LogP contribution in [0, 0.1) is 0 Å². The summed E-state index contributed by atoms with van der Waals surface area (Å²) in [7, 11) is 0. The average Bonchev–Trinajstić information content (AvgIpc) is 2.64. The van der Waals surface area contributed by atoms with Crippen molar-refractivity contribution in [3.05, 3.63) is 42.2 Å². The van der Waals surface area contributed by atoms with Gasteiger partial charge in [0.15, 0.2) is 0 Å². The number of hydrogen-bond donors (Lipinski definition) is 1. The van der Waals surface area contributed by atoms with Gasteiger partial charge in [0.05, 0.1) is 0 Å². The van der Waals surface area contributed by atoms with Crippen LogP contribution in [0.2, 0.25) is 0 Å².